The lowest BCUT2D eigenvalue weighted by Crippen LogP contribution is -2.37. The van der Waals surface area contributed by atoms with Gasteiger partial charge in [-0.05, 0) is 17.9 Å². The number of para-hydroxylation sites is 2. The van der Waals surface area contributed by atoms with Gasteiger partial charge in [0.25, 0.3) is 5.22 Å². The zero-order valence-corrected chi connectivity index (χ0v) is 20.4. The van der Waals surface area contributed by atoms with Crippen molar-refractivity contribution in [3.8, 4) is 0 Å². The second-order valence-electron chi connectivity index (χ2n) is 7.55. The van der Waals surface area contributed by atoms with Crippen molar-refractivity contribution in [2.24, 2.45) is 0 Å². The van der Waals surface area contributed by atoms with E-state index < -0.39 is 0 Å². The highest BCUT2D eigenvalue weighted by atomic mass is 32.2. The van der Waals surface area contributed by atoms with Crippen molar-refractivity contribution in [2.75, 3.05) is 49.3 Å². The van der Waals surface area contributed by atoms with Gasteiger partial charge in [-0.3, -0.25) is 4.79 Å². The number of anilines is 1. The number of nitrogens with zero attached hydrogens (tertiary/aromatic N) is 6. The molecule has 1 fully saturated rings. The van der Waals surface area contributed by atoms with E-state index >= 15 is 0 Å². The van der Waals surface area contributed by atoms with Crippen LogP contribution in [0.2, 0.25) is 0 Å². The maximum absolute atomic E-state index is 12.3. The number of fused-ring (bicyclic) bond motifs is 2. The number of nitrogens with one attached hydrogen (secondary N) is 1. The minimum Gasteiger partial charge on any atom is -0.431 e. The molecule has 3 aromatic heterocycles. The topological polar surface area (TPSA) is 111 Å². The monoisotopic (exact) mass is 499 g/mol. The van der Waals surface area contributed by atoms with Crippen molar-refractivity contribution in [3.63, 3.8) is 0 Å². The second-order valence-corrected chi connectivity index (χ2v) is 9.71. The van der Waals surface area contributed by atoms with Gasteiger partial charge in [-0.1, -0.05) is 42.6 Å². The van der Waals surface area contributed by atoms with Crippen molar-refractivity contribution in [1.29, 1.82) is 0 Å². The van der Waals surface area contributed by atoms with Gasteiger partial charge in [0.2, 0.25) is 5.91 Å². The molecule has 0 aliphatic carbocycles. The normalized spacial score (nSPS) is 14.2. The molecule has 1 amide bonds. The third-order valence-corrected chi connectivity index (χ3v) is 6.84. The summed E-state index contributed by atoms with van der Waals surface area (Å²) < 4.78 is 13.0. The summed E-state index contributed by atoms with van der Waals surface area (Å²) in [6.07, 6.45) is 1.81. The molecule has 12 heteroatoms. The first-order valence-electron chi connectivity index (χ1n) is 11.2. The minimum absolute atomic E-state index is 0.0884. The van der Waals surface area contributed by atoms with Gasteiger partial charge in [0, 0.05) is 19.6 Å². The molecule has 0 unspecified atom stereocenters. The maximum atomic E-state index is 12.3. The highest BCUT2D eigenvalue weighted by Gasteiger charge is 2.20. The lowest BCUT2D eigenvalue weighted by Gasteiger charge is -2.28. The van der Waals surface area contributed by atoms with Crippen LogP contribution in [0.5, 0.6) is 0 Å². The van der Waals surface area contributed by atoms with E-state index in [4.69, 9.17) is 19.1 Å². The zero-order valence-electron chi connectivity index (χ0n) is 18.8. The molecule has 4 aromatic rings. The number of thioether (sulfide) groups is 2. The van der Waals surface area contributed by atoms with Gasteiger partial charge in [-0.2, -0.15) is 5.10 Å². The van der Waals surface area contributed by atoms with Crippen LogP contribution in [0.25, 0.3) is 22.1 Å². The summed E-state index contributed by atoms with van der Waals surface area (Å²) in [7, 11) is 0. The number of benzene rings is 1. The first-order chi connectivity index (χ1) is 16.7. The molecule has 1 saturated heterocycles. The highest BCUT2D eigenvalue weighted by molar-refractivity contribution is 7.99. The number of aromatic nitrogens is 5. The van der Waals surface area contributed by atoms with Crippen molar-refractivity contribution < 1.29 is 13.9 Å². The highest BCUT2D eigenvalue weighted by Crippen LogP contribution is 2.28. The van der Waals surface area contributed by atoms with Gasteiger partial charge < -0.3 is 19.4 Å². The molecular weight excluding hydrogens is 474 g/mol. The number of hydrogen-bond donors (Lipinski definition) is 1. The fraction of sp³-hybridized carbons (Fsp3) is 0.409. The van der Waals surface area contributed by atoms with E-state index in [-0.39, 0.29) is 11.7 Å². The third kappa shape index (κ3) is 5.13. The lowest BCUT2D eigenvalue weighted by molar-refractivity contribution is -0.118. The number of morpholine rings is 1. The van der Waals surface area contributed by atoms with E-state index in [0.29, 0.717) is 31.5 Å². The van der Waals surface area contributed by atoms with Gasteiger partial charge in [0.05, 0.1) is 37.1 Å². The van der Waals surface area contributed by atoms with Crippen molar-refractivity contribution in [3.05, 3.63) is 30.5 Å². The molecular formula is C22H25N7O3S2. The Bertz CT molecular complexity index is 1250. The third-order valence-electron chi connectivity index (χ3n) is 5.29. The molecule has 0 atom stereocenters. The Morgan fingerprint density at radius 2 is 2.00 bits per heavy atom. The summed E-state index contributed by atoms with van der Waals surface area (Å²) in [5.74, 6) is 1.92. The Hall–Kier alpha value is -2.83. The number of hydrogen-bond acceptors (Lipinski definition) is 10. The molecule has 34 heavy (non-hydrogen) atoms. The van der Waals surface area contributed by atoms with Crippen LogP contribution in [-0.4, -0.2) is 75.0 Å². The van der Waals surface area contributed by atoms with E-state index in [9.17, 15) is 4.79 Å². The molecule has 0 spiro atoms. The summed E-state index contributed by atoms with van der Waals surface area (Å²) in [5, 5.41) is 9.61. The van der Waals surface area contributed by atoms with E-state index in [2.05, 4.69) is 27.2 Å². The van der Waals surface area contributed by atoms with E-state index in [1.54, 1.807) is 11.8 Å². The van der Waals surface area contributed by atoms with Crippen LogP contribution in [0.4, 0.5) is 5.82 Å². The molecule has 1 aliphatic heterocycles. The van der Waals surface area contributed by atoms with Crippen molar-refractivity contribution in [1.82, 2.24) is 30.0 Å². The Morgan fingerprint density at radius 3 is 2.82 bits per heavy atom. The predicted molar refractivity (Wildman–Crippen MR) is 132 cm³/mol. The standard InChI is InChI=1S/C22H25N7O3S2/c1-2-33-21-26-19(28-9-11-31-12-10-28)15-13-24-29(20(15)27-21)8-7-23-18(30)14-34-22-25-16-5-3-4-6-17(16)32-22/h3-6,13H,2,7-12,14H2,1H3,(H,23,30). The van der Waals surface area contributed by atoms with E-state index in [0.717, 1.165) is 51.9 Å². The molecule has 178 valence electrons. The number of ether oxygens (including phenoxy) is 1. The number of carbonyl (C=O) groups excluding carboxylic acids is 1. The average molecular weight is 500 g/mol. The molecule has 5 rings (SSSR count). The van der Waals surface area contributed by atoms with Gasteiger partial charge in [0.1, 0.15) is 11.3 Å². The largest absolute Gasteiger partial charge is 0.431 e. The summed E-state index contributed by atoms with van der Waals surface area (Å²) in [4.78, 5) is 28.5. The number of rotatable bonds is 9. The van der Waals surface area contributed by atoms with Crippen LogP contribution in [0.15, 0.2) is 45.3 Å². The first kappa shape index (κ1) is 22.9. The van der Waals surface area contributed by atoms with Gasteiger partial charge in [-0.25, -0.2) is 19.6 Å². The molecule has 1 N–H and O–H groups in total. The smallest absolute Gasteiger partial charge is 0.257 e. The predicted octanol–water partition coefficient (Wildman–Crippen LogP) is 2.82. The van der Waals surface area contributed by atoms with Crippen LogP contribution in [0, 0.1) is 0 Å². The number of amides is 1. The van der Waals surface area contributed by atoms with Gasteiger partial charge >= 0.3 is 0 Å². The van der Waals surface area contributed by atoms with Crippen LogP contribution >= 0.6 is 23.5 Å². The van der Waals surface area contributed by atoms with E-state index in [1.807, 2.05) is 35.1 Å². The van der Waals surface area contributed by atoms with E-state index in [1.165, 1.54) is 11.8 Å². The van der Waals surface area contributed by atoms with Crippen LogP contribution in [0.3, 0.4) is 0 Å². The van der Waals surface area contributed by atoms with Crippen LogP contribution in [-0.2, 0) is 16.1 Å². The SMILES string of the molecule is CCSc1nc(N2CCOCC2)c2cnn(CCNC(=O)CSc3nc4ccccc4o3)c2n1. The fourth-order valence-corrected chi connectivity index (χ4v) is 4.92. The number of carbonyl (C=O) groups is 1. The molecule has 1 aliphatic rings. The molecule has 0 saturated carbocycles. The molecule has 0 bridgehead atoms. The number of oxazole rings is 1. The second kappa shape index (κ2) is 10.6. The Labute approximate surface area is 204 Å². The summed E-state index contributed by atoms with van der Waals surface area (Å²) >= 11 is 2.89. The summed E-state index contributed by atoms with van der Waals surface area (Å²) in [6, 6.07) is 7.55. The maximum Gasteiger partial charge on any atom is 0.257 e. The minimum atomic E-state index is -0.0884. The fourth-order valence-electron chi connectivity index (χ4n) is 3.69. The van der Waals surface area contributed by atoms with Gasteiger partial charge in [0.15, 0.2) is 16.4 Å². The molecule has 4 heterocycles. The lowest BCUT2D eigenvalue weighted by atomic mass is 10.3. The molecule has 1 aromatic carbocycles. The average Bonchev–Trinajstić information content (AvgIpc) is 3.47. The Kier molecular flexibility index (Phi) is 7.16. The van der Waals surface area contributed by atoms with Crippen LogP contribution in [0.1, 0.15) is 6.92 Å². The van der Waals surface area contributed by atoms with Crippen molar-refractivity contribution in [2.45, 2.75) is 23.8 Å². The van der Waals surface area contributed by atoms with Crippen molar-refractivity contribution >= 4 is 57.4 Å². The van der Waals surface area contributed by atoms with Gasteiger partial charge in [-0.15, -0.1) is 0 Å². The summed E-state index contributed by atoms with van der Waals surface area (Å²) in [6.45, 7) is 5.99. The quantitative estimate of drug-likeness (QED) is 0.273. The first-order valence-corrected chi connectivity index (χ1v) is 13.1. The Balaban J connectivity index is 1.21. The Morgan fingerprint density at radius 1 is 1.15 bits per heavy atom. The molecule has 0 radical (unpaired) electrons. The zero-order chi connectivity index (χ0) is 23.3. The molecule has 10 nitrogen and oxygen atoms in total. The summed E-state index contributed by atoms with van der Waals surface area (Å²) in [5.41, 5.74) is 2.28. The van der Waals surface area contributed by atoms with Crippen LogP contribution < -0.4 is 10.2 Å².